The minimum absolute atomic E-state index is 0. The number of rotatable bonds is 9. The van der Waals surface area contributed by atoms with Gasteiger partial charge in [-0.3, -0.25) is 4.98 Å². The molecule has 2 aromatic carbocycles. The molecule has 0 bridgehead atoms. The first kappa shape index (κ1) is 27.2. The molecule has 2 heterocycles. The highest BCUT2D eigenvalue weighted by Crippen LogP contribution is 2.43. The van der Waals surface area contributed by atoms with Gasteiger partial charge in [0, 0.05) is 47.8 Å². The summed E-state index contributed by atoms with van der Waals surface area (Å²) in [5.41, 5.74) is 3.05. The minimum atomic E-state index is -0.451. The van der Waals surface area contributed by atoms with Gasteiger partial charge in [-0.15, -0.1) is 12.4 Å². The Morgan fingerprint density at radius 3 is 2.36 bits per heavy atom. The molecule has 0 saturated heterocycles. The Bertz CT molecular complexity index is 1380. The van der Waals surface area contributed by atoms with Gasteiger partial charge in [0.15, 0.2) is 16.7 Å². The number of imidazole rings is 1. The maximum absolute atomic E-state index is 13.4. The van der Waals surface area contributed by atoms with Gasteiger partial charge in [0.1, 0.15) is 5.75 Å². The van der Waals surface area contributed by atoms with Crippen LogP contribution in [-0.2, 0) is 17.5 Å². The maximum atomic E-state index is 13.4. The number of carbonyl (C=O) groups excluding carboxylic acids is 1. The van der Waals surface area contributed by atoms with Crippen molar-refractivity contribution in [2.24, 2.45) is 7.05 Å². The van der Waals surface area contributed by atoms with Crippen LogP contribution in [0.5, 0.6) is 17.2 Å². The fourth-order valence-corrected chi connectivity index (χ4v) is 4.80. The van der Waals surface area contributed by atoms with E-state index in [0.29, 0.717) is 45.3 Å². The monoisotopic (exact) mass is 529 g/mol. The number of benzene rings is 2. The zero-order valence-corrected chi connectivity index (χ0v) is 22.4. The van der Waals surface area contributed by atoms with E-state index in [1.807, 2.05) is 54.2 Å². The van der Waals surface area contributed by atoms with Crippen LogP contribution in [0.3, 0.4) is 0 Å². The SMILES string of the molecule is CCOC(=O)c1c(CSc2nccn2C)nc2cc(OC)c(OC)cc2c1-c1ccccc1OC.Cl. The van der Waals surface area contributed by atoms with Crippen LogP contribution in [0.4, 0.5) is 0 Å². The summed E-state index contributed by atoms with van der Waals surface area (Å²) in [6.07, 6.45) is 3.61. The standard InChI is InChI=1S/C26H27N3O5S.ClH/c1-6-34-25(30)24-19(15-35-26-27-11-12-29(26)2)28-18-14-22(33-5)21(32-4)13-17(18)23(24)16-9-7-8-10-20(16)31-3;/h7-14H,6,15H2,1-5H3;1H. The molecule has 10 heteroatoms. The summed E-state index contributed by atoms with van der Waals surface area (Å²) < 4.78 is 24.2. The topological polar surface area (TPSA) is 84.7 Å². The van der Waals surface area contributed by atoms with Crippen molar-refractivity contribution in [3.8, 4) is 28.4 Å². The highest BCUT2D eigenvalue weighted by Gasteiger charge is 2.26. The van der Waals surface area contributed by atoms with E-state index in [-0.39, 0.29) is 19.0 Å². The Hall–Kier alpha value is -3.43. The summed E-state index contributed by atoms with van der Waals surface area (Å²) >= 11 is 1.49. The van der Waals surface area contributed by atoms with Crippen LogP contribution in [0.15, 0.2) is 53.9 Å². The van der Waals surface area contributed by atoms with Gasteiger partial charge < -0.3 is 23.5 Å². The summed E-state index contributed by atoms with van der Waals surface area (Å²) in [4.78, 5) is 22.7. The lowest BCUT2D eigenvalue weighted by molar-refractivity contribution is 0.0526. The smallest absolute Gasteiger partial charge is 0.340 e. The van der Waals surface area contributed by atoms with Crippen molar-refractivity contribution in [3.05, 3.63) is 60.0 Å². The molecule has 4 rings (SSSR count). The first-order chi connectivity index (χ1) is 17.0. The van der Waals surface area contributed by atoms with Crippen molar-refractivity contribution in [2.45, 2.75) is 17.8 Å². The van der Waals surface area contributed by atoms with E-state index in [0.717, 1.165) is 16.1 Å². The molecule has 0 unspecified atom stereocenters. The Morgan fingerprint density at radius 1 is 1.03 bits per heavy atom. The van der Waals surface area contributed by atoms with Gasteiger partial charge in [-0.1, -0.05) is 30.0 Å². The lowest BCUT2D eigenvalue weighted by Gasteiger charge is -2.19. The summed E-state index contributed by atoms with van der Waals surface area (Å²) in [6, 6.07) is 11.2. The summed E-state index contributed by atoms with van der Waals surface area (Å²) in [6.45, 7) is 2.02. The van der Waals surface area contributed by atoms with Crippen LogP contribution in [-0.4, -0.2) is 48.4 Å². The third-order valence-electron chi connectivity index (χ3n) is 5.54. The van der Waals surface area contributed by atoms with Crippen LogP contribution in [0.25, 0.3) is 22.0 Å². The molecule has 0 aliphatic carbocycles. The van der Waals surface area contributed by atoms with Gasteiger partial charge in [0.2, 0.25) is 0 Å². The van der Waals surface area contributed by atoms with E-state index in [9.17, 15) is 4.79 Å². The lowest BCUT2D eigenvalue weighted by Crippen LogP contribution is -2.13. The molecule has 190 valence electrons. The van der Waals surface area contributed by atoms with Gasteiger partial charge in [0.25, 0.3) is 0 Å². The van der Waals surface area contributed by atoms with Gasteiger partial charge in [-0.2, -0.15) is 0 Å². The number of ether oxygens (including phenoxy) is 4. The maximum Gasteiger partial charge on any atom is 0.340 e. The summed E-state index contributed by atoms with van der Waals surface area (Å²) in [7, 11) is 6.68. The second-order valence-electron chi connectivity index (χ2n) is 7.56. The number of hydrogen-bond donors (Lipinski definition) is 0. The normalized spacial score (nSPS) is 10.6. The Balaban J connectivity index is 0.00000361. The van der Waals surface area contributed by atoms with Crippen molar-refractivity contribution in [1.82, 2.24) is 14.5 Å². The number of aromatic nitrogens is 3. The number of esters is 1. The molecule has 0 aliphatic rings. The number of hydrogen-bond acceptors (Lipinski definition) is 8. The van der Waals surface area contributed by atoms with Gasteiger partial charge >= 0.3 is 5.97 Å². The molecule has 0 aliphatic heterocycles. The fourth-order valence-electron chi connectivity index (χ4n) is 3.92. The number of fused-ring (bicyclic) bond motifs is 1. The third kappa shape index (κ3) is 5.22. The number of aryl methyl sites for hydroxylation is 1. The number of halogens is 1. The lowest BCUT2D eigenvalue weighted by atomic mass is 9.93. The number of pyridine rings is 1. The van der Waals surface area contributed by atoms with E-state index in [1.54, 1.807) is 34.4 Å². The van der Waals surface area contributed by atoms with E-state index in [4.69, 9.17) is 23.9 Å². The zero-order valence-electron chi connectivity index (χ0n) is 20.7. The van der Waals surface area contributed by atoms with E-state index in [2.05, 4.69) is 4.98 Å². The first-order valence-electron chi connectivity index (χ1n) is 11.0. The summed E-state index contributed by atoms with van der Waals surface area (Å²) in [5, 5.41) is 1.54. The van der Waals surface area contributed by atoms with Crippen LogP contribution >= 0.6 is 24.2 Å². The molecular formula is C26H28ClN3O5S. The van der Waals surface area contributed by atoms with Gasteiger partial charge in [-0.05, 0) is 19.1 Å². The molecule has 2 aromatic heterocycles. The van der Waals surface area contributed by atoms with Crippen LogP contribution in [0.1, 0.15) is 23.0 Å². The Kier molecular flexibility index (Phi) is 9.06. The van der Waals surface area contributed by atoms with Crippen molar-refractivity contribution < 1.29 is 23.7 Å². The molecule has 8 nitrogen and oxygen atoms in total. The number of thioether (sulfide) groups is 1. The van der Waals surface area contributed by atoms with Crippen LogP contribution < -0.4 is 14.2 Å². The van der Waals surface area contributed by atoms with Crippen molar-refractivity contribution in [2.75, 3.05) is 27.9 Å². The highest BCUT2D eigenvalue weighted by atomic mass is 35.5. The Morgan fingerprint density at radius 2 is 1.72 bits per heavy atom. The van der Waals surface area contributed by atoms with Gasteiger partial charge in [0.05, 0.1) is 44.7 Å². The number of nitrogens with zero attached hydrogens (tertiary/aromatic N) is 3. The second kappa shape index (κ2) is 12.0. The van der Waals surface area contributed by atoms with Gasteiger partial charge in [-0.25, -0.2) is 9.78 Å². The van der Waals surface area contributed by atoms with Crippen LogP contribution in [0.2, 0.25) is 0 Å². The molecule has 0 spiro atoms. The first-order valence-corrected chi connectivity index (χ1v) is 12.0. The Labute approximate surface area is 220 Å². The largest absolute Gasteiger partial charge is 0.496 e. The molecule has 0 radical (unpaired) electrons. The second-order valence-corrected chi connectivity index (χ2v) is 8.51. The molecule has 0 saturated carbocycles. The minimum Gasteiger partial charge on any atom is -0.496 e. The summed E-state index contributed by atoms with van der Waals surface area (Å²) in [5.74, 6) is 1.66. The predicted molar refractivity (Wildman–Crippen MR) is 143 cm³/mol. The fraction of sp³-hybridized carbons (Fsp3) is 0.269. The average molecular weight is 530 g/mol. The predicted octanol–water partition coefficient (Wildman–Crippen LogP) is 5.55. The molecule has 0 fully saturated rings. The third-order valence-corrected chi connectivity index (χ3v) is 6.61. The molecule has 0 N–H and O–H groups in total. The highest BCUT2D eigenvalue weighted by molar-refractivity contribution is 7.98. The molecule has 0 amide bonds. The number of carbonyl (C=O) groups is 1. The quantitative estimate of drug-likeness (QED) is 0.206. The molecular weight excluding hydrogens is 502 g/mol. The van der Waals surface area contributed by atoms with E-state index >= 15 is 0 Å². The molecule has 0 atom stereocenters. The molecule has 4 aromatic rings. The van der Waals surface area contributed by atoms with Crippen LogP contribution in [0, 0.1) is 0 Å². The average Bonchev–Trinajstić information content (AvgIpc) is 3.30. The van der Waals surface area contributed by atoms with E-state index < -0.39 is 5.97 Å². The van der Waals surface area contributed by atoms with Crippen molar-refractivity contribution in [1.29, 1.82) is 0 Å². The molecule has 36 heavy (non-hydrogen) atoms. The number of methoxy groups -OCH3 is 3. The zero-order chi connectivity index (χ0) is 24.9. The van der Waals surface area contributed by atoms with Crippen molar-refractivity contribution >= 4 is 41.0 Å². The van der Waals surface area contributed by atoms with Crippen molar-refractivity contribution in [3.63, 3.8) is 0 Å². The number of para-hydroxylation sites is 1. The van der Waals surface area contributed by atoms with E-state index in [1.165, 1.54) is 11.8 Å².